The van der Waals surface area contributed by atoms with E-state index in [1.165, 1.54) is 10.6 Å². The van der Waals surface area contributed by atoms with Crippen molar-refractivity contribution < 1.29 is 15.3 Å². The van der Waals surface area contributed by atoms with E-state index in [4.69, 9.17) is 28.2 Å². The van der Waals surface area contributed by atoms with E-state index in [-0.39, 0.29) is 23.2 Å². The van der Waals surface area contributed by atoms with Crippen LogP contribution in [0.2, 0.25) is 0 Å². The smallest absolute Gasteiger partial charge is 0.348 e. The molecule has 0 aliphatic heterocycles. The van der Waals surface area contributed by atoms with Crippen molar-refractivity contribution in [2.75, 3.05) is 43.3 Å². The summed E-state index contributed by atoms with van der Waals surface area (Å²) in [6.45, 7) is 6.60. The first-order chi connectivity index (χ1) is 25.0. The van der Waals surface area contributed by atoms with Gasteiger partial charge >= 0.3 is 5.69 Å². The van der Waals surface area contributed by atoms with Gasteiger partial charge in [-0.1, -0.05) is 13.8 Å². The van der Waals surface area contributed by atoms with Gasteiger partial charge in [0.25, 0.3) is 0 Å². The number of nitrogens with one attached hydrogen (secondary N) is 1. The number of imidazole rings is 1. The van der Waals surface area contributed by atoms with Crippen LogP contribution in [-0.2, 0) is 20.0 Å². The van der Waals surface area contributed by atoms with Gasteiger partial charge in [-0.2, -0.15) is 5.10 Å². The van der Waals surface area contributed by atoms with Crippen LogP contribution in [0.3, 0.4) is 0 Å². The zero-order valence-electron chi connectivity index (χ0n) is 29.9. The van der Waals surface area contributed by atoms with Crippen LogP contribution in [0.4, 0.5) is 5.69 Å². The van der Waals surface area contributed by atoms with Gasteiger partial charge in [0.05, 0.1) is 22.3 Å². The first-order valence-electron chi connectivity index (χ1n) is 17.5. The lowest BCUT2D eigenvalue weighted by molar-refractivity contribution is 0.0125. The largest absolute Gasteiger partial charge is 0.508 e. The van der Waals surface area contributed by atoms with Crippen LogP contribution in [0.15, 0.2) is 65.6 Å². The number of aromatic amines is 1. The van der Waals surface area contributed by atoms with Crippen molar-refractivity contribution >= 4 is 50.8 Å². The fourth-order valence-corrected chi connectivity index (χ4v) is 7.19. The number of phenols is 2. The highest BCUT2D eigenvalue weighted by Gasteiger charge is 2.20. The average molecular weight is 750 g/mol. The Hall–Kier alpha value is -4.49. The Balaban J connectivity index is 1.08. The molecule has 3 aromatic carbocycles. The second-order valence-corrected chi connectivity index (χ2v) is 14.3. The molecule has 0 saturated heterocycles. The number of benzene rings is 3. The molecule has 1 unspecified atom stereocenters. The molecule has 0 bridgehead atoms. The highest BCUT2D eigenvalue weighted by atomic mass is 35.5. The zero-order chi connectivity index (χ0) is 37.1. The monoisotopic (exact) mass is 748 g/mol. The van der Waals surface area contributed by atoms with Gasteiger partial charge in [-0.25, -0.2) is 19.4 Å². The zero-order valence-corrected chi connectivity index (χ0v) is 31.4. The molecule has 14 heteroatoms. The van der Waals surface area contributed by atoms with E-state index in [2.05, 4.69) is 42.4 Å². The number of likely N-dealkylation sites (N-methyl/N-ethyl adjacent to an activating group) is 1. The molecular formula is C38H46Cl2N8O4. The molecule has 0 radical (unpaired) electrons. The topological polar surface area (TPSA) is 141 Å². The molecule has 0 fully saturated rings. The van der Waals surface area contributed by atoms with Gasteiger partial charge in [-0.05, 0) is 79.9 Å². The number of aromatic nitrogens is 6. The molecular weight excluding hydrogens is 703 g/mol. The maximum Gasteiger partial charge on any atom is 0.348 e. The number of aliphatic hydroxyl groups is 1. The third-order valence-electron chi connectivity index (χ3n) is 9.79. The second kappa shape index (κ2) is 16.0. The molecule has 4 N–H and O–H groups in total. The van der Waals surface area contributed by atoms with Crippen LogP contribution in [-0.4, -0.2) is 93.8 Å². The number of phenolic OH excluding ortho intramolecular Hbond substituents is 2. The van der Waals surface area contributed by atoms with Crippen LogP contribution in [0.1, 0.15) is 44.0 Å². The molecule has 0 saturated carbocycles. The minimum absolute atomic E-state index is 0.00259. The predicted octanol–water partition coefficient (Wildman–Crippen LogP) is 6.16. The van der Waals surface area contributed by atoms with Gasteiger partial charge in [0.2, 0.25) is 0 Å². The van der Waals surface area contributed by atoms with Crippen LogP contribution in [0.25, 0.3) is 39.0 Å². The average Bonchev–Trinajstić information content (AvgIpc) is 3.80. The molecule has 276 valence electrons. The van der Waals surface area contributed by atoms with Crippen molar-refractivity contribution in [3.8, 4) is 28.6 Å². The molecule has 0 spiro atoms. The highest BCUT2D eigenvalue weighted by Crippen LogP contribution is 2.37. The normalized spacial score (nSPS) is 12.6. The number of rotatable bonds is 16. The SMILES string of the molecule is CC(C)c1cc(-c2n[nH]c(=O)n2-c2ccc3c(ccn3CCN(C)C(O)CCCc3nc4cc(N(CCCl)CCCl)ccc4n3C)c2)c(O)cc1O. The molecule has 3 aromatic heterocycles. The van der Waals surface area contributed by atoms with Gasteiger partial charge in [-0.15, -0.1) is 23.2 Å². The molecule has 1 atom stereocenters. The molecule has 6 aromatic rings. The van der Waals surface area contributed by atoms with Crippen molar-refractivity contribution in [3.05, 3.63) is 82.7 Å². The van der Waals surface area contributed by atoms with Crippen LogP contribution >= 0.6 is 23.2 Å². The summed E-state index contributed by atoms with van der Waals surface area (Å²) in [5.74, 6) is 2.09. The van der Waals surface area contributed by atoms with E-state index in [1.807, 2.05) is 63.3 Å². The van der Waals surface area contributed by atoms with E-state index in [0.717, 1.165) is 59.4 Å². The van der Waals surface area contributed by atoms with Crippen molar-refractivity contribution in [1.82, 2.24) is 33.8 Å². The number of alkyl halides is 2. The van der Waals surface area contributed by atoms with Crippen molar-refractivity contribution in [3.63, 3.8) is 0 Å². The van der Waals surface area contributed by atoms with Gasteiger partial charge in [-0.3, -0.25) is 4.90 Å². The Morgan fingerprint density at radius 2 is 1.69 bits per heavy atom. The van der Waals surface area contributed by atoms with E-state index in [1.54, 1.807) is 6.07 Å². The highest BCUT2D eigenvalue weighted by molar-refractivity contribution is 6.18. The van der Waals surface area contributed by atoms with Crippen molar-refractivity contribution in [1.29, 1.82) is 0 Å². The van der Waals surface area contributed by atoms with Crippen LogP contribution in [0, 0.1) is 0 Å². The van der Waals surface area contributed by atoms with E-state index >= 15 is 0 Å². The number of H-pyrrole nitrogens is 1. The molecule has 0 aliphatic carbocycles. The summed E-state index contributed by atoms with van der Waals surface area (Å²) in [4.78, 5) is 22.0. The van der Waals surface area contributed by atoms with Gasteiger partial charge in [0, 0.05) is 80.3 Å². The first-order valence-corrected chi connectivity index (χ1v) is 18.6. The fourth-order valence-electron chi connectivity index (χ4n) is 6.78. The lowest BCUT2D eigenvalue weighted by Gasteiger charge is -2.23. The number of aromatic hydroxyl groups is 2. The number of aryl methyl sites for hydroxylation is 2. The second-order valence-electron chi connectivity index (χ2n) is 13.5. The number of fused-ring (bicyclic) bond motifs is 2. The molecule has 0 aliphatic rings. The Kier molecular flexibility index (Phi) is 11.5. The Labute approximate surface area is 312 Å². The first kappa shape index (κ1) is 37.3. The summed E-state index contributed by atoms with van der Waals surface area (Å²) < 4.78 is 5.66. The van der Waals surface area contributed by atoms with Crippen LogP contribution < -0.4 is 10.6 Å². The lowest BCUT2D eigenvalue weighted by Crippen LogP contribution is -2.34. The quantitative estimate of drug-likeness (QED) is 0.0682. The molecule has 3 heterocycles. The number of aliphatic hydroxyl groups excluding tert-OH is 1. The Morgan fingerprint density at radius 1 is 0.942 bits per heavy atom. The van der Waals surface area contributed by atoms with E-state index in [9.17, 15) is 20.1 Å². The number of hydrogen-bond donors (Lipinski definition) is 4. The van der Waals surface area contributed by atoms with Crippen molar-refractivity contribution in [2.45, 2.75) is 51.8 Å². The van der Waals surface area contributed by atoms with E-state index < -0.39 is 11.9 Å². The van der Waals surface area contributed by atoms with E-state index in [0.29, 0.717) is 48.1 Å². The summed E-state index contributed by atoms with van der Waals surface area (Å²) in [6, 6.07) is 16.9. The minimum Gasteiger partial charge on any atom is -0.508 e. The molecule has 12 nitrogen and oxygen atoms in total. The summed E-state index contributed by atoms with van der Waals surface area (Å²) in [7, 11) is 3.96. The van der Waals surface area contributed by atoms with Gasteiger partial charge < -0.3 is 29.4 Å². The number of hydrogen-bond acceptors (Lipinski definition) is 8. The number of nitrogens with zero attached hydrogens (tertiary/aromatic N) is 7. The maximum absolute atomic E-state index is 12.9. The fraction of sp³-hybridized carbons (Fsp3) is 0.395. The van der Waals surface area contributed by atoms with Gasteiger partial charge in [0.15, 0.2) is 5.82 Å². The number of anilines is 1. The molecule has 0 amide bonds. The predicted molar refractivity (Wildman–Crippen MR) is 208 cm³/mol. The third-order valence-corrected chi connectivity index (χ3v) is 10.1. The molecule has 52 heavy (non-hydrogen) atoms. The summed E-state index contributed by atoms with van der Waals surface area (Å²) in [6.07, 6.45) is 3.53. The molecule has 6 rings (SSSR count). The van der Waals surface area contributed by atoms with Crippen molar-refractivity contribution in [2.24, 2.45) is 7.05 Å². The summed E-state index contributed by atoms with van der Waals surface area (Å²) in [5.41, 5.74) is 5.16. The summed E-state index contributed by atoms with van der Waals surface area (Å²) >= 11 is 12.0. The third kappa shape index (κ3) is 7.66. The summed E-state index contributed by atoms with van der Waals surface area (Å²) in [5, 5.41) is 39.6. The lowest BCUT2D eigenvalue weighted by atomic mass is 9.98. The van der Waals surface area contributed by atoms with Crippen LogP contribution in [0.5, 0.6) is 11.5 Å². The minimum atomic E-state index is -0.603. The maximum atomic E-state index is 12.9. The standard InChI is InChI=1S/C38H46Cl2N8O4/c1-24(2)28-22-29(34(50)23-33(28)49)37-42-43-38(52)48(37)27-9-10-31-25(20-27)12-15-47(31)19-18-44(3)36(51)7-5-6-35-41-30-21-26(8-11-32(30)45(35)4)46(16-13-39)17-14-40/h8-12,15,20-24,36,49-51H,5-7,13-14,16-19H2,1-4H3,(H,43,52). The Morgan fingerprint density at radius 3 is 2.42 bits per heavy atom. The van der Waals surface area contributed by atoms with Gasteiger partial charge in [0.1, 0.15) is 23.6 Å². The Bertz CT molecular complexity index is 2220. The number of halogens is 2.